The van der Waals surface area contributed by atoms with Crippen molar-refractivity contribution in [3.63, 3.8) is 0 Å². The van der Waals surface area contributed by atoms with E-state index in [1.54, 1.807) is 37.4 Å². The van der Waals surface area contributed by atoms with Crippen LogP contribution in [0.1, 0.15) is 15.9 Å². The molecule has 5 heteroatoms. The fourth-order valence-electron chi connectivity index (χ4n) is 1.12. The average Bonchev–Trinajstić information content (AvgIpc) is 2.35. The van der Waals surface area contributed by atoms with Crippen molar-refractivity contribution in [2.45, 2.75) is 0 Å². The minimum Gasteiger partial charge on any atom is -0.356 e. The van der Waals surface area contributed by atoms with Crippen molar-refractivity contribution >= 4 is 17.9 Å². The second-order valence-corrected chi connectivity index (χ2v) is 3.05. The lowest BCUT2D eigenvalue weighted by atomic mass is 10.1. The van der Waals surface area contributed by atoms with E-state index in [1.807, 2.05) is 5.43 Å². The molecule has 1 aromatic rings. The summed E-state index contributed by atoms with van der Waals surface area (Å²) in [7, 11) is 1.55. The SMILES string of the molecule is CNC(=O)/C=C/c1cccc(C(=O)NN)c1. The predicted molar refractivity (Wildman–Crippen MR) is 61.2 cm³/mol. The van der Waals surface area contributed by atoms with E-state index in [4.69, 9.17) is 5.84 Å². The Morgan fingerprint density at radius 2 is 2.12 bits per heavy atom. The van der Waals surface area contributed by atoms with Crippen LogP contribution in [0.5, 0.6) is 0 Å². The Balaban J connectivity index is 2.86. The van der Waals surface area contributed by atoms with Crippen molar-refractivity contribution in [1.82, 2.24) is 10.7 Å². The lowest BCUT2D eigenvalue weighted by Gasteiger charge is -2.00. The van der Waals surface area contributed by atoms with E-state index in [1.165, 1.54) is 6.08 Å². The molecule has 0 atom stereocenters. The van der Waals surface area contributed by atoms with Gasteiger partial charge >= 0.3 is 0 Å². The lowest BCUT2D eigenvalue weighted by Crippen LogP contribution is -2.29. The number of hydrazine groups is 1. The molecule has 1 aromatic carbocycles. The van der Waals surface area contributed by atoms with Crippen LogP contribution in [-0.4, -0.2) is 18.9 Å². The molecule has 5 nitrogen and oxygen atoms in total. The van der Waals surface area contributed by atoms with Crippen LogP contribution < -0.4 is 16.6 Å². The number of carbonyl (C=O) groups excluding carboxylic acids is 2. The van der Waals surface area contributed by atoms with Gasteiger partial charge in [-0.25, -0.2) is 5.84 Å². The van der Waals surface area contributed by atoms with Gasteiger partial charge in [-0.05, 0) is 23.8 Å². The molecule has 0 saturated heterocycles. The van der Waals surface area contributed by atoms with Gasteiger partial charge in [-0.3, -0.25) is 15.0 Å². The van der Waals surface area contributed by atoms with Gasteiger partial charge in [-0.1, -0.05) is 12.1 Å². The molecule has 2 amide bonds. The summed E-state index contributed by atoms with van der Waals surface area (Å²) in [4.78, 5) is 22.2. The largest absolute Gasteiger partial charge is 0.356 e. The third-order valence-corrected chi connectivity index (χ3v) is 1.95. The first-order valence-electron chi connectivity index (χ1n) is 4.68. The van der Waals surface area contributed by atoms with Crippen LogP contribution in [0, 0.1) is 0 Å². The molecular weight excluding hydrogens is 206 g/mol. The molecular formula is C11H13N3O2. The van der Waals surface area contributed by atoms with Gasteiger partial charge in [0.15, 0.2) is 0 Å². The van der Waals surface area contributed by atoms with E-state index in [2.05, 4.69) is 5.32 Å². The first-order valence-corrected chi connectivity index (χ1v) is 4.68. The van der Waals surface area contributed by atoms with Crippen LogP contribution in [0.15, 0.2) is 30.3 Å². The van der Waals surface area contributed by atoms with Gasteiger partial charge in [-0.2, -0.15) is 0 Å². The Morgan fingerprint density at radius 1 is 1.38 bits per heavy atom. The highest BCUT2D eigenvalue weighted by Crippen LogP contribution is 2.06. The maximum atomic E-state index is 11.2. The van der Waals surface area contributed by atoms with Crippen molar-refractivity contribution in [2.75, 3.05) is 7.05 Å². The third-order valence-electron chi connectivity index (χ3n) is 1.95. The summed E-state index contributed by atoms with van der Waals surface area (Å²) < 4.78 is 0. The van der Waals surface area contributed by atoms with Gasteiger partial charge in [0.1, 0.15) is 0 Å². The number of benzene rings is 1. The highest BCUT2D eigenvalue weighted by atomic mass is 16.2. The van der Waals surface area contributed by atoms with Crippen molar-refractivity contribution in [3.8, 4) is 0 Å². The normalized spacial score (nSPS) is 10.1. The number of likely N-dealkylation sites (N-methyl/N-ethyl adjacent to an activating group) is 1. The highest BCUT2D eigenvalue weighted by molar-refractivity contribution is 5.95. The molecule has 4 N–H and O–H groups in total. The number of nitrogens with two attached hydrogens (primary N) is 1. The van der Waals surface area contributed by atoms with Gasteiger partial charge < -0.3 is 5.32 Å². The maximum absolute atomic E-state index is 11.2. The van der Waals surface area contributed by atoms with Gasteiger partial charge in [0, 0.05) is 18.7 Å². The zero-order chi connectivity index (χ0) is 12.0. The lowest BCUT2D eigenvalue weighted by molar-refractivity contribution is -0.115. The van der Waals surface area contributed by atoms with Crippen molar-refractivity contribution in [1.29, 1.82) is 0 Å². The molecule has 1 rings (SSSR count). The van der Waals surface area contributed by atoms with Crippen LogP contribution in [-0.2, 0) is 4.79 Å². The number of nitrogen functional groups attached to an aromatic ring is 1. The minimum absolute atomic E-state index is 0.200. The number of hydrogen-bond acceptors (Lipinski definition) is 3. The minimum atomic E-state index is -0.366. The number of amides is 2. The van der Waals surface area contributed by atoms with E-state index in [9.17, 15) is 9.59 Å². The standard InChI is InChI=1S/C11H13N3O2/c1-13-10(15)6-5-8-3-2-4-9(7-8)11(16)14-12/h2-7H,12H2,1H3,(H,13,15)(H,14,16)/b6-5+. The summed E-state index contributed by atoms with van der Waals surface area (Å²) >= 11 is 0. The predicted octanol–water partition coefficient (Wildman–Crippen LogP) is 0.0493. The first-order chi connectivity index (χ1) is 7.67. The second-order valence-electron chi connectivity index (χ2n) is 3.05. The Morgan fingerprint density at radius 3 is 2.75 bits per heavy atom. The van der Waals surface area contributed by atoms with Crippen LogP contribution in [0.25, 0.3) is 6.08 Å². The summed E-state index contributed by atoms with van der Waals surface area (Å²) in [5, 5.41) is 2.46. The van der Waals surface area contributed by atoms with Crippen LogP contribution >= 0.6 is 0 Å². The van der Waals surface area contributed by atoms with E-state index in [0.29, 0.717) is 5.56 Å². The van der Waals surface area contributed by atoms with Gasteiger partial charge in [-0.15, -0.1) is 0 Å². The van der Waals surface area contributed by atoms with Gasteiger partial charge in [0.05, 0.1) is 0 Å². The number of carbonyl (C=O) groups is 2. The first kappa shape index (κ1) is 11.9. The second kappa shape index (κ2) is 5.67. The molecule has 84 valence electrons. The fraction of sp³-hybridized carbons (Fsp3) is 0.0909. The third kappa shape index (κ3) is 3.21. The van der Waals surface area contributed by atoms with E-state index in [0.717, 1.165) is 5.56 Å². The Kier molecular flexibility index (Phi) is 4.23. The summed E-state index contributed by atoms with van der Waals surface area (Å²) in [5.74, 6) is 4.45. The number of hydrogen-bond donors (Lipinski definition) is 3. The summed E-state index contributed by atoms with van der Waals surface area (Å²) in [6.45, 7) is 0. The van der Waals surface area contributed by atoms with Crippen molar-refractivity contribution in [2.24, 2.45) is 5.84 Å². The highest BCUT2D eigenvalue weighted by Gasteiger charge is 2.02. The molecule has 0 aliphatic heterocycles. The topological polar surface area (TPSA) is 84.2 Å². The zero-order valence-electron chi connectivity index (χ0n) is 8.86. The molecule has 0 fully saturated rings. The van der Waals surface area contributed by atoms with Gasteiger partial charge in [0.25, 0.3) is 5.91 Å². The van der Waals surface area contributed by atoms with Gasteiger partial charge in [0.2, 0.25) is 5.91 Å². The van der Waals surface area contributed by atoms with Crippen LogP contribution in [0.3, 0.4) is 0 Å². The van der Waals surface area contributed by atoms with Crippen molar-refractivity contribution in [3.05, 3.63) is 41.5 Å². The molecule has 0 unspecified atom stereocenters. The molecule has 0 saturated carbocycles. The van der Waals surface area contributed by atoms with Crippen molar-refractivity contribution < 1.29 is 9.59 Å². The Bertz CT molecular complexity index is 427. The molecule has 0 spiro atoms. The summed E-state index contributed by atoms with van der Waals surface area (Å²) in [6.07, 6.45) is 3.01. The molecule has 0 aromatic heterocycles. The Labute approximate surface area is 93.3 Å². The Hall–Kier alpha value is -2.14. The average molecular weight is 219 g/mol. The molecule has 0 bridgehead atoms. The zero-order valence-corrected chi connectivity index (χ0v) is 8.86. The number of rotatable bonds is 3. The molecule has 16 heavy (non-hydrogen) atoms. The maximum Gasteiger partial charge on any atom is 0.265 e. The fourth-order valence-corrected chi connectivity index (χ4v) is 1.12. The van der Waals surface area contributed by atoms with Crippen LogP contribution in [0.4, 0.5) is 0 Å². The van der Waals surface area contributed by atoms with Crippen LogP contribution in [0.2, 0.25) is 0 Å². The monoisotopic (exact) mass is 219 g/mol. The molecule has 0 heterocycles. The molecule has 0 radical (unpaired) electrons. The van der Waals surface area contributed by atoms with E-state index >= 15 is 0 Å². The molecule has 0 aliphatic carbocycles. The quantitative estimate of drug-likeness (QED) is 0.290. The smallest absolute Gasteiger partial charge is 0.265 e. The number of nitrogens with one attached hydrogen (secondary N) is 2. The van der Waals surface area contributed by atoms with E-state index < -0.39 is 0 Å². The summed E-state index contributed by atoms with van der Waals surface area (Å²) in [6, 6.07) is 6.78. The molecule has 0 aliphatic rings. The van der Waals surface area contributed by atoms with E-state index in [-0.39, 0.29) is 11.8 Å². The summed E-state index contributed by atoms with van der Waals surface area (Å²) in [5.41, 5.74) is 3.24.